The summed E-state index contributed by atoms with van der Waals surface area (Å²) < 4.78 is 28.4. The van der Waals surface area contributed by atoms with Crippen LogP contribution in [0.1, 0.15) is 30.5 Å². The van der Waals surface area contributed by atoms with E-state index in [4.69, 9.17) is 9.88 Å². The first-order valence-corrected chi connectivity index (χ1v) is 11.2. The number of ether oxygens (including phenoxy) is 1. The molecule has 0 unspecified atom stereocenters. The minimum absolute atomic E-state index is 0. The maximum absolute atomic E-state index is 11.3. The zero-order chi connectivity index (χ0) is 21.3. The van der Waals surface area contributed by atoms with Crippen molar-refractivity contribution < 1.29 is 13.2 Å². The maximum Gasteiger partial charge on any atom is 0.238 e. The Morgan fingerprint density at radius 1 is 1.10 bits per heavy atom. The zero-order valence-electron chi connectivity index (χ0n) is 17.6. The summed E-state index contributed by atoms with van der Waals surface area (Å²) in [7, 11) is -3.66. The molecule has 7 nitrogen and oxygen atoms in total. The number of rotatable bonds is 9. The van der Waals surface area contributed by atoms with Crippen molar-refractivity contribution in [1.29, 1.82) is 0 Å². The molecule has 0 amide bonds. The molecular formula is C21H31IN4O3S. The van der Waals surface area contributed by atoms with E-state index in [0.717, 1.165) is 41.4 Å². The van der Waals surface area contributed by atoms with Gasteiger partial charge in [-0.3, -0.25) is 0 Å². The van der Waals surface area contributed by atoms with Gasteiger partial charge in [0.25, 0.3) is 0 Å². The summed E-state index contributed by atoms with van der Waals surface area (Å²) in [6, 6.07) is 12.7. The second kappa shape index (κ2) is 12.8. The maximum atomic E-state index is 11.3. The van der Waals surface area contributed by atoms with Gasteiger partial charge >= 0.3 is 0 Å². The molecule has 30 heavy (non-hydrogen) atoms. The summed E-state index contributed by atoms with van der Waals surface area (Å²) in [4.78, 5) is 4.77. The molecule has 0 saturated heterocycles. The van der Waals surface area contributed by atoms with E-state index in [9.17, 15) is 8.42 Å². The van der Waals surface area contributed by atoms with Crippen molar-refractivity contribution in [2.45, 2.75) is 38.6 Å². The number of halogens is 1. The fraction of sp³-hybridized carbons (Fsp3) is 0.381. The lowest BCUT2D eigenvalue weighted by atomic mass is 10.1. The van der Waals surface area contributed by atoms with Crippen molar-refractivity contribution in [3.8, 4) is 5.75 Å². The molecule has 0 aliphatic carbocycles. The largest absolute Gasteiger partial charge is 0.494 e. The van der Waals surface area contributed by atoms with Crippen molar-refractivity contribution in [3.63, 3.8) is 0 Å². The predicted octanol–water partition coefficient (Wildman–Crippen LogP) is 2.96. The van der Waals surface area contributed by atoms with Crippen LogP contribution in [0.5, 0.6) is 5.75 Å². The Balaban J connectivity index is 0.00000450. The standard InChI is InChI=1S/C21H30N4O3S.HI/c1-4-23-21(25-15-18-9-6-16(3)14-20(18)28-5-2)24-13-12-17-7-10-19(11-8-17)29(22,26)27;/h6-11,14H,4-5,12-13,15H2,1-3H3,(H2,22,26,27)(H2,23,24,25);1H. The highest BCUT2D eigenvalue weighted by Gasteiger charge is 2.07. The highest BCUT2D eigenvalue weighted by molar-refractivity contribution is 14.0. The Morgan fingerprint density at radius 2 is 1.80 bits per heavy atom. The number of aryl methyl sites for hydroxylation is 1. The molecular weight excluding hydrogens is 515 g/mol. The number of hydrogen-bond donors (Lipinski definition) is 3. The van der Waals surface area contributed by atoms with Gasteiger partial charge < -0.3 is 15.4 Å². The van der Waals surface area contributed by atoms with Gasteiger partial charge in [-0.05, 0) is 56.5 Å². The molecule has 0 spiro atoms. The minimum Gasteiger partial charge on any atom is -0.494 e. The third-order valence-corrected chi connectivity index (χ3v) is 5.16. The van der Waals surface area contributed by atoms with E-state index < -0.39 is 10.0 Å². The highest BCUT2D eigenvalue weighted by Crippen LogP contribution is 2.21. The van der Waals surface area contributed by atoms with Gasteiger partial charge in [0.15, 0.2) is 5.96 Å². The molecule has 0 radical (unpaired) electrons. The Labute approximate surface area is 196 Å². The molecule has 0 saturated carbocycles. The monoisotopic (exact) mass is 546 g/mol. The Kier molecular flexibility index (Phi) is 11.1. The first kappa shape index (κ1) is 26.2. The van der Waals surface area contributed by atoms with Crippen LogP contribution in [0.4, 0.5) is 0 Å². The quantitative estimate of drug-likeness (QED) is 0.255. The fourth-order valence-corrected chi connectivity index (χ4v) is 3.27. The summed E-state index contributed by atoms with van der Waals surface area (Å²) in [6.07, 6.45) is 0.726. The van der Waals surface area contributed by atoms with Crippen molar-refractivity contribution in [2.24, 2.45) is 10.1 Å². The number of sulfonamides is 1. The van der Waals surface area contributed by atoms with E-state index >= 15 is 0 Å². The van der Waals surface area contributed by atoms with E-state index in [1.165, 1.54) is 12.1 Å². The van der Waals surface area contributed by atoms with E-state index in [0.29, 0.717) is 19.7 Å². The topological polar surface area (TPSA) is 106 Å². The molecule has 0 aliphatic heterocycles. The van der Waals surface area contributed by atoms with Gasteiger partial charge in [0.2, 0.25) is 10.0 Å². The summed E-state index contributed by atoms with van der Waals surface area (Å²) in [6.45, 7) is 8.55. The summed E-state index contributed by atoms with van der Waals surface area (Å²) >= 11 is 0. The lowest BCUT2D eigenvalue weighted by Gasteiger charge is -2.13. The number of aliphatic imine (C=N–C) groups is 1. The van der Waals surface area contributed by atoms with Crippen LogP contribution < -0.4 is 20.5 Å². The molecule has 0 aliphatic rings. The Morgan fingerprint density at radius 3 is 2.40 bits per heavy atom. The molecule has 0 atom stereocenters. The van der Waals surface area contributed by atoms with Crippen molar-refractivity contribution in [1.82, 2.24) is 10.6 Å². The number of hydrogen-bond acceptors (Lipinski definition) is 4. The Bertz CT molecular complexity index is 932. The first-order valence-electron chi connectivity index (χ1n) is 9.69. The molecule has 2 aromatic rings. The average Bonchev–Trinajstić information content (AvgIpc) is 2.67. The third kappa shape index (κ3) is 8.49. The van der Waals surface area contributed by atoms with E-state index in [-0.39, 0.29) is 28.9 Å². The number of guanidine groups is 1. The van der Waals surface area contributed by atoms with Gasteiger partial charge in [0, 0.05) is 18.7 Å². The van der Waals surface area contributed by atoms with Crippen molar-refractivity contribution >= 4 is 40.0 Å². The van der Waals surface area contributed by atoms with Crippen LogP contribution in [0.3, 0.4) is 0 Å². The summed E-state index contributed by atoms with van der Waals surface area (Å²) in [5.41, 5.74) is 3.20. The molecule has 2 aromatic carbocycles. The second-order valence-corrected chi connectivity index (χ2v) is 8.17. The highest BCUT2D eigenvalue weighted by atomic mass is 127. The average molecular weight is 546 g/mol. The van der Waals surface area contributed by atoms with Gasteiger partial charge in [-0.1, -0.05) is 24.3 Å². The van der Waals surface area contributed by atoms with Gasteiger partial charge in [-0.25, -0.2) is 18.5 Å². The van der Waals surface area contributed by atoms with Crippen LogP contribution in [0.15, 0.2) is 52.4 Å². The molecule has 166 valence electrons. The minimum atomic E-state index is -3.66. The fourth-order valence-electron chi connectivity index (χ4n) is 2.76. The molecule has 0 heterocycles. The van der Waals surface area contributed by atoms with Gasteiger partial charge in [-0.15, -0.1) is 24.0 Å². The molecule has 9 heteroatoms. The summed E-state index contributed by atoms with van der Waals surface area (Å²) in [5.74, 6) is 1.58. The predicted molar refractivity (Wildman–Crippen MR) is 132 cm³/mol. The van der Waals surface area contributed by atoms with Crippen molar-refractivity contribution in [3.05, 3.63) is 59.2 Å². The van der Waals surface area contributed by atoms with Gasteiger partial charge in [-0.2, -0.15) is 0 Å². The number of nitrogens with two attached hydrogens (primary N) is 1. The first-order chi connectivity index (χ1) is 13.8. The number of primary sulfonamides is 1. The van der Waals surface area contributed by atoms with Crippen LogP contribution >= 0.6 is 24.0 Å². The number of nitrogens with zero attached hydrogens (tertiary/aromatic N) is 1. The molecule has 2 rings (SSSR count). The van der Waals surface area contributed by atoms with Crippen LogP contribution in [0.25, 0.3) is 0 Å². The van der Waals surface area contributed by atoms with Gasteiger partial charge in [0.1, 0.15) is 5.75 Å². The molecule has 0 bridgehead atoms. The SMILES string of the molecule is CCNC(=NCc1ccc(C)cc1OCC)NCCc1ccc(S(N)(=O)=O)cc1.I. The smallest absolute Gasteiger partial charge is 0.238 e. The normalized spacial score (nSPS) is 11.5. The summed E-state index contributed by atoms with van der Waals surface area (Å²) in [5, 5.41) is 11.7. The molecule has 4 N–H and O–H groups in total. The van der Waals surface area contributed by atoms with Crippen LogP contribution in [-0.4, -0.2) is 34.1 Å². The van der Waals surface area contributed by atoms with Crippen molar-refractivity contribution in [2.75, 3.05) is 19.7 Å². The van der Waals surface area contributed by atoms with Crippen LogP contribution in [0, 0.1) is 6.92 Å². The lowest BCUT2D eigenvalue weighted by Crippen LogP contribution is -2.38. The number of nitrogens with one attached hydrogen (secondary N) is 2. The number of benzene rings is 2. The second-order valence-electron chi connectivity index (χ2n) is 6.61. The van der Waals surface area contributed by atoms with Crippen LogP contribution in [-0.2, 0) is 23.0 Å². The van der Waals surface area contributed by atoms with E-state index in [1.807, 2.05) is 32.9 Å². The molecule has 0 aromatic heterocycles. The Hall–Kier alpha value is -1.85. The van der Waals surface area contributed by atoms with E-state index in [1.54, 1.807) is 12.1 Å². The van der Waals surface area contributed by atoms with Crippen LogP contribution in [0.2, 0.25) is 0 Å². The zero-order valence-corrected chi connectivity index (χ0v) is 20.8. The van der Waals surface area contributed by atoms with Gasteiger partial charge in [0.05, 0.1) is 18.0 Å². The third-order valence-electron chi connectivity index (χ3n) is 4.23. The lowest BCUT2D eigenvalue weighted by molar-refractivity contribution is 0.336. The van der Waals surface area contributed by atoms with E-state index in [2.05, 4.69) is 21.7 Å². The molecule has 0 fully saturated rings.